The number of aliphatic hydroxyl groups excluding tert-OH is 1. The molecule has 3 amide bonds. The number of nitrogens with one attached hydrogen (secondary N) is 2. The van der Waals surface area contributed by atoms with Crippen molar-refractivity contribution in [2.24, 2.45) is 35.1 Å². The van der Waals surface area contributed by atoms with Crippen molar-refractivity contribution in [1.29, 1.82) is 0 Å². The summed E-state index contributed by atoms with van der Waals surface area (Å²) in [6.45, 7) is 11.2. The summed E-state index contributed by atoms with van der Waals surface area (Å²) in [5.74, 6) is -0.714. The molecular weight excluding hydrogens is 548 g/mol. The lowest BCUT2D eigenvalue weighted by molar-refractivity contribution is -0.128. The number of nitrogens with two attached hydrogens (primary N) is 2. The number of amides is 3. The lowest BCUT2D eigenvalue weighted by Crippen LogP contribution is -2.45. The Bertz CT molecular complexity index is 917. The number of carbonyl (C=O) groups excluding carboxylic acids is 3. The standard InChI is InChI=1S/C30H52N4O6.ClH/c1-19(2)22(18-33-29(37)23-11-7-8-12-27(23)40-14-10-9-13-39-6)16-25(31)26(35)17-24(20(3)4)30(38)34-21(5)15-28(32)36;/h7-8,11-12,19-22,24-26,35H,9-10,13-18,31H2,1-6H3,(H2,32,36)(H,33,37)(H,34,38);1H/t21?,22-,24?,25?,26?;/m1./s1. The Balaban J connectivity index is 0.0000160. The van der Waals surface area contributed by atoms with Gasteiger partial charge in [-0.3, -0.25) is 14.4 Å². The highest BCUT2D eigenvalue weighted by atomic mass is 35.5. The lowest BCUT2D eigenvalue weighted by atomic mass is 9.83. The molecule has 0 aliphatic carbocycles. The van der Waals surface area contributed by atoms with Gasteiger partial charge in [0.05, 0.1) is 18.3 Å². The van der Waals surface area contributed by atoms with Crippen LogP contribution in [0.3, 0.4) is 0 Å². The highest BCUT2D eigenvalue weighted by Crippen LogP contribution is 2.24. The molecule has 1 aromatic carbocycles. The third kappa shape index (κ3) is 14.9. The number of primary amides is 1. The molecule has 236 valence electrons. The fourth-order valence-corrected chi connectivity index (χ4v) is 4.55. The molecule has 0 spiro atoms. The van der Waals surface area contributed by atoms with Crippen LogP contribution in [0.5, 0.6) is 5.75 Å². The van der Waals surface area contributed by atoms with Crippen LogP contribution in [0.25, 0.3) is 0 Å². The maximum absolute atomic E-state index is 13.0. The van der Waals surface area contributed by atoms with E-state index >= 15 is 0 Å². The SMILES string of the molecule is COCCCCOc1ccccc1C(=O)NC[C@@H](CC(N)C(O)CC(C(=O)NC(C)CC(N)=O)C(C)C)C(C)C.Cl. The highest BCUT2D eigenvalue weighted by Gasteiger charge is 2.30. The van der Waals surface area contributed by atoms with Crippen molar-refractivity contribution >= 4 is 30.1 Å². The number of hydrogen-bond acceptors (Lipinski definition) is 7. The van der Waals surface area contributed by atoms with Crippen LogP contribution in [0.15, 0.2) is 24.3 Å². The van der Waals surface area contributed by atoms with Gasteiger partial charge in [0.25, 0.3) is 5.91 Å². The van der Waals surface area contributed by atoms with E-state index in [4.69, 9.17) is 20.9 Å². The van der Waals surface area contributed by atoms with Crippen LogP contribution in [-0.4, -0.2) is 67.9 Å². The summed E-state index contributed by atoms with van der Waals surface area (Å²) in [7, 11) is 1.66. The highest BCUT2D eigenvalue weighted by molar-refractivity contribution is 5.96. The third-order valence-electron chi connectivity index (χ3n) is 7.20. The molecule has 0 heterocycles. The number of rotatable bonds is 20. The number of para-hydroxylation sites is 1. The molecule has 11 heteroatoms. The van der Waals surface area contributed by atoms with Gasteiger partial charge in [0.1, 0.15) is 5.75 Å². The Labute approximate surface area is 252 Å². The molecule has 10 nitrogen and oxygen atoms in total. The van der Waals surface area contributed by atoms with Crippen molar-refractivity contribution in [3.8, 4) is 5.75 Å². The van der Waals surface area contributed by atoms with Crippen LogP contribution in [-0.2, 0) is 14.3 Å². The van der Waals surface area contributed by atoms with Gasteiger partial charge in [0, 0.05) is 44.7 Å². The molecule has 0 aliphatic heterocycles. The Hall–Kier alpha value is -2.40. The number of hydrogen-bond donors (Lipinski definition) is 5. The fraction of sp³-hybridized carbons (Fsp3) is 0.700. The molecule has 0 saturated carbocycles. The van der Waals surface area contributed by atoms with Crippen molar-refractivity contribution in [2.75, 3.05) is 26.9 Å². The normalized spacial score (nSPS) is 14.9. The zero-order valence-corrected chi connectivity index (χ0v) is 26.4. The third-order valence-corrected chi connectivity index (χ3v) is 7.20. The van der Waals surface area contributed by atoms with Crippen LogP contribution in [0.2, 0.25) is 0 Å². The topological polar surface area (TPSA) is 166 Å². The molecule has 0 fully saturated rings. The van der Waals surface area contributed by atoms with Gasteiger partial charge < -0.3 is 36.7 Å². The number of methoxy groups -OCH3 is 1. The molecule has 0 radical (unpaired) electrons. The summed E-state index contributed by atoms with van der Waals surface area (Å²) in [6, 6.07) is 6.19. The van der Waals surface area contributed by atoms with Crippen LogP contribution in [0.4, 0.5) is 0 Å². The molecule has 1 aromatic rings. The van der Waals surface area contributed by atoms with Gasteiger partial charge in [-0.2, -0.15) is 0 Å². The maximum Gasteiger partial charge on any atom is 0.255 e. The van der Waals surface area contributed by atoms with Crippen LogP contribution in [0.1, 0.15) is 77.1 Å². The second-order valence-electron chi connectivity index (χ2n) is 11.4. The first-order valence-corrected chi connectivity index (χ1v) is 14.4. The summed E-state index contributed by atoms with van der Waals surface area (Å²) in [5.41, 5.74) is 12.1. The smallest absolute Gasteiger partial charge is 0.255 e. The van der Waals surface area contributed by atoms with Crippen molar-refractivity contribution in [3.05, 3.63) is 29.8 Å². The van der Waals surface area contributed by atoms with E-state index in [1.54, 1.807) is 32.2 Å². The summed E-state index contributed by atoms with van der Waals surface area (Å²) in [5, 5.41) is 16.8. The average molecular weight is 601 g/mol. The number of aliphatic hydroxyl groups is 1. The minimum absolute atomic E-state index is 0. The first-order chi connectivity index (χ1) is 18.9. The van der Waals surface area contributed by atoms with E-state index in [1.165, 1.54) is 0 Å². The minimum Gasteiger partial charge on any atom is -0.493 e. The zero-order valence-electron chi connectivity index (χ0n) is 25.6. The number of benzene rings is 1. The van der Waals surface area contributed by atoms with Gasteiger partial charge >= 0.3 is 0 Å². The van der Waals surface area contributed by atoms with Crippen molar-refractivity contribution in [1.82, 2.24) is 10.6 Å². The number of unbranched alkanes of at least 4 members (excludes halogenated alkanes) is 1. The van der Waals surface area contributed by atoms with Crippen LogP contribution < -0.4 is 26.8 Å². The second-order valence-corrected chi connectivity index (χ2v) is 11.4. The van der Waals surface area contributed by atoms with Gasteiger partial charge in [-0.1, -0.05) is 39.8 Å². The van der Waals surface area contributed by atoms with Gasteiger partial charge in [0.2, 0.25) is 11.8 Å². The Kier molecular flexibility index (Phi) is 19.3. The molecule has 41 heavy (non-hydrogen) atoms. The average Bonchev–Trinajstić information content (AvgIpc) is 2.88. The van der Waals surface area contributed by atoms with Gasteiger partial charge in [-0.25, -0.2) is 0 Å². The van der Waals surface area contributed by atoms with Crippen molar-refractivity contribution in [3.63, 3.8) is 0 Å². The molecule has 0 aliphatic rings. The summed E-state index contributed by atoms with van der Waals surface area (Å²) in [4.78, 5) is 37.0. The van der Waals surface area contributed by atoms with E-state index in [0.717, 1.165) is 12.8 Å². The van der Waals surface area contributed by atoms with Crippen LogP contribution in [0, 0.1) is 23.7 Å². The van der Waals surface area contributed by atoms with E-state index in [2.05, 4.69) is 24.5 Å². The van der Waals surface area contributed by atoms with Crippen molar-refractivity contribution < 1.29 is 29.0 Å². The molecular formula is C30H53ClN4O6. The van der Waals surface area contributed by atoms with E-state index in [-0.39, 0.29) is 54.8 Å². The number of ether oxygens (including phenoxy) is 2. The Morgan fingerprint density at radius 1 is 0.976 bits per heavy atom. The van der Waals surface area contributed by atoms with E-state index in [9.17, 15) is 19.5 Å². The first-order valence-electron chi connectivity index (χ1n) is 14.4. The molecule has 0 bridgehead atoms. The van der Waals surface area contributed by atoms with Crippen molar-refractivity contribution in [2.45, 2.75) is 84.9 Å². The zero-order chi connectivity index (χ0) is 30.2. The minimum atomic E-state index is -0.909. The molecule has 5 atom stereocenters. The maximum atomic E-state index is 13.0. The number of carbonyl (C=O) groups is 3. The molecule has 0 saturated heterocycles. The predicted octanol–water partition coefficient (Wildman–Crippen LogP) is 3.04. The molecule has 4 unspecified atom stereocenters. The predicted molar refractivity (Wildman–Crippen MR) is 164 cm³/mol. The Morgan fingerprint density at radius 2 is 1.61 bits per heavy atom. The quantitative estimate of drug-likeness (QED) is 0.143. The van der Waals surface area contributed by atoms with Crippen LogP contribution >= 0.6 is 12.4 Å². The van der Waals surface area contributed by atoms with E-state index in [0.29, 0.717) is 37.5 Å². The van der Waals surface area contributed by atoms with Gasteiger partial charge in [0.15, 0.2) is 0 Å². The first kappa shape index (κ1) is 38.6. The monoisotopic (exact) mass is 600 g/mol. The fourth-order valence-electron chi connectivity index (χ4n) is 4.55. The summed E-state index contributed by atoms with van der Waals surface area (Å²) in [6.07, 6.45) is 1.51. The molecule has 0 aromatic heterocycles. The lowest BCUT2D eigenvalue weighted by Gasteiger charge is -2.30. The summed E-state index contributed by atoms with van der Waals surface area (Å²) >= 11 is 0. The van der Waals surface area contributed by atoms with E-state index < -0.39 is 30.0 Å². The van der Waals surface area contributed by atoms with Gasteiger partial charge in [-0.15, -0.1) is 12.4 Å². The second kappa shape index (κ2) is 20.5. The molecule has 7 N–H and O–H groups in total. The Morgan fingerprint density at radius 3 is 2.20 bits per heavy atom. The largest absolute Gasteiger partial charge is 0.493 e. The van der Waals surface area contributed by atoms with E-state index in [1.807, 2.05) is 19.9 Å². The molecule has 1 rings (SSSR count). The number of halogens is 1. The van der Waals surface area contributed by atoms with Gasteiger partial charge in [-0.05, 0) is 62.5 Å². The summed E-state index contributed by atoms with van der Waals surface area (Å²) < 4.78 is 10.9.